The van der Waals surface area contributed by atoms with E-state index in [1.807, 2.05) is 0 Å². The third-order valence-electron chi connectivity index (χ3n) is 2.60. The van der Waals surface area contributed by atoms with Crippen LogP contribution in [-0.2, 0) is 26.6 Å². The highest BCUT2D eigenvalue weighted by molar-refractivity contribution is 6.56. The molecule has 6 nitrogen and oxygen atoms in total. The second kappa shape index (κ2) is 12.7. The topological polar surface area (TPSA) is 55.4 Å². The molecule has 0 fully saturated rings. The molecule has 0 amide bonds. The Kier molecular flexibility index (Phi) is 12.3. The highest BCUT2D eigenvalue weighted by Gasteiger charge is 2.18. The Morgan fingerprint density at radius 3 is 0.957 bits per heavy atom. The van der Waals surface area contributed by atoms with Crippen LogP contribution in [0.4, 0.5) is 0 Å². The van der Waals surface area contributed by atoms with Crippen molar-refractivity contribution in [3.05, 3.63) is 0 Å². The predicted octanol–water partition coefficient (Wildman–Crippen LogP) is -2.32. The van der Waals surface area contributed by atoms with Gasteiger partial charge in [-0.25, -0.2) is 0 Å². The molecule has 0 aliphatic rings. The number of hydrogen-bond acceptors (Lipinski definition) is 6. The molecule has 0 saturated carbocycles. The molecule has 0 aromatic rings. The van der Waals surface area contributed by atoms with Gasteiger partial charge in [0.25, 0.3) is 0 Å². The van der Waals surface area contributed by atoms with E-state index in [0.29, 0.717) is 10.2 Å². The number of rotatable bonds is 6. The molecule has 0 saturated heterocycles. The molecule has 0 aliphatic carbocycles. The maximum Gasteiger partial charge on any atom is 0.406 e. The Labute approximate surface area is 147 Å². The quantitative estimate of drug-likeness (QED) is 0.376. The van der Waals surface area contributed by atoms with E-state index in [1.165, 1.54) is 0 Å². The first-order valence-corrected chi connectivity index (χ1v) is 12.3. The third kappa shape index (κ3) is 9.25. The van der Waals surface area contributed by atoms with Crippen LogP contribution in [0.2, 0.25) is 5.04 Å². The van der Waals surface area contributed by atoms with Gasteiger partial charge in [-0.2, -0.15) is 0 Å². The van der Waals surface area contributed by atoms with Gasteiger partial charge in [0, 0.05) is 42.7 Å². The Balaban J connectivity index is 5.59. The fourth-order valence-corrected chi connectivity index (χ4v) is 5.15. The first kappa shape index (κ1) is 22.3. The smallest absolute Gasteiger partial charge is 0.391 e. The summed E-state index contributed by atoms with van der Waals surface area (Å²) < 4.78 is 31.3. The summed E-state index contributed by atoms with van der Waals surface area (Å²) in [7, 11) is 4.11. The van der Waals surface area contributed by atoms with Gasteiger partial charge in [0.15, 0.2) is 0 Å². The fraction of sp³-hybridized carbons (Fsp3) is 0.538. The standard InChI is InChI=1S/C13H24O6Si4/c1-14-21(15-2)10-7-13(20,8-11-22(16-3)17-4)9-12-23(18-5)19-6/h21-23H,1-6,20H3. The van der Waals surface area contributed by atoms with E-state index in [0.717, 1.165) is 0 Å². The molecule has 0 radical (unpaired) electrons. The molecule has 0 bridgehead atoms. The summed E-state index contributed by atoms with van der Waals surface area (Å²) in [5.41, 5.74) is 9.06. The van der Waals surface area contributed by atoms with Crippen LogP contribution in [0.1, 0.15) is 0 Å². The van der Waals surface area contributed by atoms with Gasteiger partial charge in [0.1, 0.15) is 5.04 Å². The van der Waals surface area contributed by atoms with E-state index in [-0.39, 0.29) is 0 Å². The summed E-state index contributed by atoms with van der Waals surface area (Å²) in [6, 6.07) is 0. The Bertz CT molecular complexity index is 438. The van der Waals surface area contributed by atoms with Gasteiger partial charge in [-0.15, -0.1) is 0 Å². The minimum atomic E-state index is -2.00. The summed E-state index contributed by atoms with van der Waals surface area (Å²) in [5.74, 6) is 9.31. The summed E-state index contributed by atoms with van der Waals surface area (Å²) in [4.78, 5) is 0. The molecular weight excluding hydrogens is 364 g/mol. The lowest BCUT2D eigenvalue weighted by Crippen LogP contribution is -2.20. The van der Waals surface area contributed by atoms with Crippen molar-refractivity contribution in [3.8, 4) is 34.4 Å². The Morgan fingerprint density at radius 2 is 0.783 bits per heavy atom. The molecule has 128 valence electrons. The van der Waals surface area contributed by atoms with Gasteiger partial charge in [-0.05, 0) is 0 Å². The molecule has 0 atom stereocenters. The van der Waals surface area contributed by atoms with E-state index in [2.05, 4.69) is 34.4 Å². The second-order valence-corrected chi connectivity index (χ2v) is 11.5. The predicted molar refractivity (Wildman–Crippen MR) is 99.5 cm³/mol. The molecule has 0 N–H and O–H groups in total. The van der Waals surface area contributed by atoms with Crippen LogP contribution in [0.25, 0.3) is 0 Å². The van der Waals surface area contributed by atoms with Crippen molar-refractivity contribution in [2.45, 2.75) is 5.04 Å². The minimum Gasteiger partial charge on any atom is -0.391 e. The first-order chi connectivity index (χ1) is 11.0. The van der Waals surface area contributed by atoms with Gasteiger partial charge in [-0.3, -0.25) is 0 Å². The van der Waals surface area contributed by atoms with Crippen LogP contribution in [0, 0.1) is 34.4 Å². The summed E-state index contributed by atoms with van der Waals surface area (Å²) >= 11 is 0. The van der Waals surface area contributed by atoms with Gasteiger partial charge in [0.2, 0.25) is 0 Å². The molecule has 0 heterocycles. The monoisotopic (exact) mass is 388 g/mol. The lowest BCUT2D eigenvalue weighted by Gasteiger charge is -2.11. The molecule has 0 aliphatic heterocycles. The largest absolute Gasteiger partial charge is 0.406 e. The van der Waals surface area contributed by atoms with Crippen LogP contribution in [-0.4, -0.2) is 80.8 Å². The molecule has 23 heavy (non-hydrogen) atoms. The molecular formula is C13H24O6Si4. The Hall–Kier alpha value is -0.692. The lowest BCUT2D eigenvalue weighted by molar-refractivity contribution is 0.293. The van der Waals surface area contributed by atoms with Crippen molar-refractivity contribution >= 4 is 38.1 Å². The van der Waals surface area contributed by atoms with Crippen LogP contribution >= 0.6 is 0 Å². The van der Waals surface area contributed by atoms with Crippen molar-refractivity contribution in [1.82, 2.24) is 0 Å². The van der Waals surface area contributed by atoms with Gasteiger partial charge >= 0.3 is 27.9 Å². The number of hydrogen-bond donors (Lipinski definition) is 0. The first-order valence-electron chi connectivity index (χ1n) is 6.73. The molecule has 0 rings (SSSR count). The zero-order valence-electron chi connectivity index (χ0n) is 14.7. The lowest BCUT2D eigenvalue weighted by atomic mass is 10.2. The van der Waals surface area contributed by atoms with Crippen molar-refractivity contribution < 1.29 is 26.6 Å². The summed E-state index contributed by atoms with van der Waals surface area (Å²) in [6.45, 7) is 0. The summed E-state index contributed by atoms with van der Waals surface area (Å²) in [6.07, 6.45) is 0. The van der Waals surface area contributed by atoms with E-state index in [1.54, 1.807) is 42.7 Å². The average molecular weight is 389 g/mol. The molecule has 0 spiro atoms. The van der Waals surface area contributed by atoms with Crippen molar-refractivity contribution in [3.63, 3.8) is 0 Å². The van der Waals surface area contributed by atoms with Gasteiger partial charge in [-0.1, -0.05) is 34.4 Å². The van der Waals surface area contributed by atoms with E-state index >= 15 is 0 Å². The van der Waals surface area contributed by atoms with Crippen LogP contribution in [0.5, 0.6) is 0 Å². The zero-order chi connectivity index (χ0) is 17.7. The molecule has 0 unspecified atom stereocenters. The third-order valence-corrected chi connectivity index (χ3v) is 7.06. The highest BCUT2D eigenvalue weighted by atomic mass is 28.3. The SMILES string of the molecule is CO[SiH](C#CC([SiH3])(C#C[SiH](OC)OC)C#C[SiH](OC)OC)OC. The van der Waals surface area contributed by atoms with E-state index in [4.69, 9.17) is 26.6 Å². The second-order valence-electron chi connectivity index (χ2n) is 4.34. The van der Waals surface area contributed by atoms with Crippen molar-refractivity contribution in [2.24, 2.45) is 0 Å². The maximum atomic E-state index is 5.21. The highest BCUT2D eigenvalue weighted by Crippen LogP contribution is 2.17. The summed E-state index contributed by atoms with van der Waals surface area (Å²) in [5, 5.41) is -0.729. The van der Waals surface area contributed by atoms with E-state index in [9.17, 15) is 0 Å². The van der Waals surface area contributed by atoms with Gasteiger partial charge < -0.3 is 26.6 Å². The van der Waals surface area contributed by atoms with Crippen molar-refractivity contribution in [1.29, 1.82) is 0 Å². The van der Waals surface area contributed by atoms with Crippen LogP contribution in [0.15, 0.2) is 0 Å². The van der Waals surface area contributed by atoms with Gasteiger partial charge in [0.05, 0.1) is 10.2 Å². The van der Waals surface area contributed by atoms with Crippen LogP contribution < -0.4 is 0 Å². The van der Waals surface area contributed by atoms with Crippen molar-refractivity contribution in [2.75, 3.05) is 42.7 Å². The molecule has 10 heteroatoms. The maximum absolute atomic E-state index is 5.21. The van der Waals surface area contributed by atoms with E-state index < -0.39 is 32.9 Å². The van der Waals surface area contributed by atoms with Crippen LogP contribution in [0.3, 0.4) is 0 Å². The fourth-order valence-electron chi connectivity index (χ4n) is 1.35. The average Bonchev–Trinajstić information content (AvgIpc) is 2.57. The minimum absolute atomic E-state index is 0.613. The normalized spacial score (nSPS) is 10.8. The Morgan fingerprint density at radius 1 is 0.565 bits per heavy atom. The molecule has 0 aromatic carbocycles. The molecule has 0 aromatic heterocycles. The zero-order valence-corrected chi connectivity index (χ0v) is 20.1.